The number of hydrogen-bond acceptors (Lipinski definition) is 6. The number of nitrogens with one attached hydrogen (secondary N) is 1. The fraction of sp³-hybridized carbons (Fsp3) is 0.259. The van der Waals surface area contributed by atoms with Gasteiger partial charge in [0.05, 0.1) is 12.1 Å². The van der Waals surface area contributed by atoms with E-state index < -0.39 is 0 Å². The van der Waals surface area contributed by atoms with Crippen molar-refractivity contribution in [1.29, 1.82) is 0 Å². The number of tetrazole rings is 1. The molecule has 5 aromatic rings. The minimum Gasteiger partial charge on any atom is -0.260 e. The van der Waals surface area contributed by atoms with Crippen LogP contribution in [0.15, 0.2) is 72.9 Å². The van der Waals surface area contributed by atoms with E-state index in [1.807, 2.05) is 36.5 Å². The molecule has 0 fully saturated rings. The van der Waals surface area contributed by atoms with Crippen molar-refractivity contribution in [3.05, 3.63) is 95.8 Å². The van der Waals surface area contributed by atoms with Gasteiger partial charge in [0.2, 0.25) is 5.82 Å². The number of nitrogens with zero attached hydrogens (tertiary/aromatic N) is 7. The summed E-state index contributed by atoms with van der Waals surface area (Å²) in [5.74, 6) is 2.38. The summed E-state index contributed by atoms with van der Waals surface area (Å²) in [6, 6.07) is 22.6. The van der Waals surface area contributed by atoms with Gasteiger partial charge in [-0.2, -0.15) is 10.3 Å². The molecule has 3 heterocycles. The molecule has 5 rings (SSSR count). The van der Waals surface area contributed by atoms with Gasteiger partial charge >= 0.3 is 0 Å². The predicted octanol–water partition coefficient (Wildman–Crippen LogP) is 4.70. The van der Waals surface area contributed by atoms with E-state index >= 15 is 0 Å². The van der Waals surface area contributed by atoms with Crippen LogP contribution in [0.1, 0.15) is 42.7 Å². The molecule has 0 aliphatic heterocycles. The Labute approximate surface area is 204 Å². The third kappa shape index (κ3) is 5.32. The number of hydrogen-bond donors (Lipinski definition) is 1. The number of pyridine rings is 1. The van der Waals surface area contributed by atoms with Crippen LogP contribution in [0, 0.1) is 0 Å². The number of H-pyrrole nitrogens is 1. The fourth-order valence-electron chi connectivity index (χ4n) is 4.21. The number of unbranched alkanes of at least 4 members (excludes halogenated alkanes) is 1. The van der Waals surface area contributed by atoms with Gasteiger partial charge in [-0.1, -0.05) is 74.0 Å². The summed E-state index contributed by atoms with van der Waals surface area (Å²) in [6.45, 7) is 3.05. The molecule has 8 nitrogen and oxygen atoms in total. The topological polar surface area (TPSA) is 98.1 Å². The Morgan fingerprint density at radius 3 is 2.46 bits per heavy atom. The average molecular weight is 465 g/mol. The van der Waals surface area contributed by atoms with Crippen molar-refractivity contribution in [3.8, 4) is 22.5 Å². The van der Waals surface area contributed by atoms with Gasteiger partial charge in [0.25, 0.3) is 0 Å². The molecule has 0 aliphatic carbocycles. The van der Waals surface area contributed by atoms with Crippen LogP contribution in [-0.4, -0.2) is 40.4 Å². The summed E-state index contributed by atoms with van der Waals surface area (Å²) in [7, 11) is 0. The zero-order chi connectivity index (χ0) is 23.9. The van der Waals surface area contributed by atoms with Crippen molar-refractivity contribution in [1.82, 2.24) is 40.4 Å². The first-order chi connectivity index (χ1) is 17.3. The van der Waals surface area contributed by atoms with Crippen LogP contribution in [0.5, 0.6) is 0 Å². The van der Waals surface area contributed by atoms with Crippen molar-refractivity contribution >= 4 is 0 Å². The summed E-state index contributed by atoms with van der Waals surface area (Å²) >= 11 is 0. The zero-order valence-corrected chi connectivity index (χ0v) is 19.8. The van der Waals surface area contributed by atoms with Crippen LogP contribution in [0.3, 0.4) is 0 Å². The zero-order valence-electron chi connectivity index (χ0n) is 19.8. The molecule has 1 N–H and O–H groups in total. The Hall–Kier alpha value is -4.20. The lowest BCUT2D eigenvalue weighted by Crippen LogP contribution is -2.08. The minimum atomic E-state index is 0.560. The van der Waals surface area contributed by atoms with Gasteiger partial charge in [-0.05, 0) is 35.2 Å². The molecule has 3 aromatic heterocycles. The fourth-order valence-corrected chi connectivity index (χ4v) is 4.21. The molecule has 8 heteroatoms. The third-order valence-corrected chi connectivity index (χ3v) is 6.02. The number of aromatic amines is 1. The van der Waals surface area contributed by atoms with Crippen molar-refractivity contribution in [2.75, 3.05) is 0 Å². The molecule has 35 heavy (non-hydrogen) atoms. The van der Waals surface area contributed by atoms with Gasteiger partial charge in [0, 0.05) is 30.3 Å². The minimum absolute atomic E-state index is 0.560. The van der Waals surface area contributed by atoms with Crippen LogP contribution >= 0.6 is 0 Å². The first kappa shape index (κ1) is 22.6. The first-order valence-corrected chi connectivity index (χ1v) is 12.1. The lowest BCUT2D eigenvalue weighted by atomic mass is 9.96. The monoisotopic (exact) mass is 464 g/mol. The smallest absolute Gasteiger partial charge is 0.205 e. The Morgan fingerprint density at radius 2 is 1.66 bits per heavy atom. The van der Waals surface area contributed by atoms with E-state index in [1.165, 1.54) is 5.56 Å². The molecular weight excluding hydrogens is 436 g/mol. The molecule has 0 saturated heterocycles. The summed E-state index contributed by atoms with van der Waals surface area (Å²) in [5, 5.41) is 19.5. The second-order valence-corrected chi connectivity index (χ2v) is 8.46. The maximum absolute atomic E-state index is 4.95. The average Bonchev–Trinajstić information content (AvgIpc) is 3.58. The summed E-state index contributed by atoms with van der Waals surface area (Å²) in [5.41, 5.74) is 5.20. The van der Waals surface area contributed by atoms with Crippen LogP contribution in [-0.2, 0) is 25.8 Å². The first-order valence-electron chi connectivity index (χ1n) is 12.1. The summed E-state index contributed by atoms with van der Waals surface area (Å²) in [6.07, 6.45) is 6.32. The molecule has 0 saturated carbocycles. The van der Waals surface area contributed by atoms with Crippen molar-refractivity contribution < 1.29 is 0 Å². The SMILES string of the molecule is CCCCn1nc(CCc2ccccc2)nc1Cc1ncccc1-c1ccccc1-c1nn[nH]n1. The Bertz CT molecular complexity index is 1360. The van der Waals surface area contributed by atoms with Gasteiger partial charge in [-0.15, -0.1) is 10.2 Å². The lowest BCUT2D eigenvalue weighted by molar-refractivity contribution is 0.545. The number of rotatable bonds is 10. The quantitative estimate of drug-likeness (QED) is 0.322. The van der Waals surface area contributed by atoms with E-state index in [1.54, 1.807) is 0 Å². The van der Waals surface area contributed by atoms with Gasteiger partial charge in [-0.3, -0.25) is 4.98 Å². The second-order valence-electron chi connectivity index (χ2n) is 8.46. The Kier molecular flexibility index (Phi) is 6.98. The molecule has 0 unspecified atom stereocenters. The van der Waals surface area contributed by atoms with Gasteiger partial charge in [0.15, 0.2) is 5.82 Å². The Balaban J connectivity index is 1.45. The van der Waals surface area contributed by atoms with Crippen LogP contribution < -0.4 is 0 Å². The third-order valence-electron chi connectivity index (χ3n) is 6.02. The van der Waals surface area contributed by atoms with Crippen molar-refractivity contribution in [2.24, 2.45) is 0 Å². The van der Waals surface area contributed by atoms with Crippen molar-refractivity contribution in [2.45, 2.75) is 45.6 Å². The van der Waals surface area contributed by atoms with Crippen LogP contribution in [0.4, 0.5) is 0 Å². The highest BCUT2D eigenvalue weighted by Crippen LogP contribution is 2.32. The highest BCUT2D eigenvalue weighted by Gasteiger charge is 2.17. The summed E-state index contributed by atoms with van der Waals surface area (Å²) < 4.78 is 2.06. The standard InChI is InChI=1S/C27H28N8/c1-2-3-18-35-26(29-25(32-35)16-15-20-10-5-4-6-11-20)19-24-22(14-9-17-28-24)21-12-7-8-13-23(21)27-30-33-34-31-27/h4-14,17H,2-3,15-16,18-19H2,1H3,(H,30,31,33,34). The van der Waals surface area contributed by atoms with E-state index in [2.05, 4.69) is 68.6 Å². The molecule has 0 spiro atoms. The number of benzene rings is 2. The second kappa shape index (κ2) is 10.8. The molecule has 176 valence electrons. The van der Waals surface area contributed by atoms with E-state index in [9.17, 15) is 0 Å². The molecule has 0 bridgehead atoms. The van der Waals surface area contributed by atoms with E-state index in [4.69, 9.17) is 15.1 Å². The highest BCUT2D eigenvalue weighted by atomic mass is 15.5. The van der Waals surface area contributed by atoms with Gasteiger partial charge in [0.1, 0.15) is 5.82 Å². The molecule has 0 amide bonds. The highest BCUT2D eigenvalue weighted by molar-refractivity contribution is 5.81. The molecule has 2 aromatic carbocycles. The van der Waals surface area contributed by atoms with Gasteiger partial charge < -0.3 is 0 Å². The molecular formula is C27H28N8. The maximum Gasteiger partial charge on any atom is 0.205 e. The molecule has 0 aliphatic rings. The normalized spacial score (nSPS) is 11.1. The van der Waals surface area contributed by atoms with Gasteiger partial charge in [-0.25, -0.2) is 9.67 Å². The largest absolute Gasteiger partial charge is 0.260 e. The van der Waals surface area contributed by atoms with Crippen molar-refractivity contribution in [3.63, 3.8) is 0 Å². The Morgan fingerprint density at radius 1 is 0.857 bits per heavy atom. The predicted molar refractivity (Wildman–Crippen MR) is 134 cm³/mol. The molecule has 0 atom stereocenters. The van der Waals surface area contributed by atoms with E-state index in [0.29, 0.717) is 12.2 Å². The van der Waals surface area contributed by atoms with Crippen LogP contribution in [0.25, 0.3) is 22.5 Å². The maximum atomic E-state index is 4.95. The lowest BCUT2D eigenvalue weighted by Gasteiger charge is -2.12. The van der Waals surface area contributed by atoms with Crippen LogP contribution in [0.2, 0.25) is 0 Å². The summed E-state index contributed by atoms with van der Waals surface area (Å²) in [4.78, 5) is 9.70. The van der Waals surface area contributed by atoms with E-state index in [0.717, 1.165) is 66.3 Å². The van der Waals surface area contributed by atoms with E-state index in [-0.39, 0.29) is 0 Å². The number of aryl methyl sites for hydroxylation is 3. The molecule has 0 radical (unpaired) electrons. The number of aromatic nitrogens is 8.